The minimum absolute atomic E-state index is 0.0401. The Morgan fingerprint density at radius 3 is 2.21 bits per heavy atom. The van der Waals surface area contributed by atoms with Crippen LogP contribution in [0, 0.1) is 0 Å². The van der Waals surface area contributed by atoms with E-state index in [0.29, 0.717) is 29.4 Å². The van der Waals surface area contributed by atoms with Crippen LogP contribution in [0.5, 0.6) is 17.2 Å². The van der Waals surface area contributed by atoms with E-state index in [1.165, 1.54) is 46.5 Å². The van der Waals surface area contributed by atoms with Gasteiger partial charge in [0.25, 0.3) is 5.91 Å². The molecule has 0 bridgehead atoms. The molecule has 0 aliphatic heterocycles. The number of sulfonamides is 1. The molecule has 2 aromatic carbocycles. The van der Waals surface area contributed by atoms with Crippen molar-refractivity contribution in [2.24, 2.45) is 0 Å². The first-order valence-corrected chi connectivity index (χ1v) is 9.91. The third kappa shape index (κ3) is 4.55. The molecular formula is C19H24N2O6S. The van der Waals surface area contributed by atoms with E-state index in [1.807, 2.05) is 6.92 Å². The first kappa shape index (κ1) is 21.5. The van der Waals surface area contributed by atoms with Crippen LogP contribution in [0.1, 0.15) is 17.3 Å². The van der Waals surface area contributed by atoms with E-state index in [0.717, 1.165) is 4.31 Å². The molecule has 0 aromatic heterocycles. The molecule has 0 saturated carbocycles. The van der Waals surface area contributed by atoms with E-state index in [4.69, 9.17) is 14.2 Å². The second kappa shape index (κ2) is 8.94. The summed E-state index contributed by atoms with van der Waals surface area (Å²) < 4.78 is 41.8. The highest BCUT2D eigenvalue weighted by Gasteiger charge is 2.20. The number of nitrogens with zero attached hydrogens (tertiary/aromatic N) is 1. The zero-order valence-electron chi connectivity index (χ0n) is 16.5. The summed E-state index contributed by atoms with van der Waals surface area (Å²) >= 11 is 0. The first-order valence-electron chi connectivity index (χ1n) is 8.47. The molecule has 8 nitrogen and oxygen atoms in total. The van der Waals surface area contributed by atoms with E-state index < -0.39 is 15.9 Å². The number of rotatable bonds is 8. The fraction of sp³-hybridized carbons (Fsp3) is 0.316. The zero-order chi connectivity index (χ0) is 20.9. The predicted molar refractivity (Wildman–Crippen MR) is 106 cm³/mol. The molecule has 152 valence electrons. The summed E-state index contributed by atoms with van der Waals surface area (Å²) in [6.07, 6.45) is 0. The van der Waals surface area contributed by atoms with E-state index in [9.17, 15) is 13.2 Å². The molecule has 0 fully saturated rings. The maximum Gasteiger partial charge on any atom is 0.255 e. The Labute approximate surface area is 165 Å². The Hall–Kier alpha value is -2.78. The van der Waals surface area contributed by atoms with Crippen LogP contribution in [0.15, 0.2) is 41.3 Å². The van der Waals surface area contributed by atoms with Gasteiger partial charge in [0.15, 0.2) is 11.5 Å². The number of benzene rings is 2. The van der Waals surface area contributed by atoms with Gasteiger partial charge in [-0.3, -0.25) is 4.79 Å². The zero-order valence-corrected chi connectivity index (χ0v) is 17.3. The normalized spacial score (nSPS) is 11.2. The number of carbonyl (C=O) groups excluding carboxylic acids is 1. The maximum absolute atomic E-state index is 12.7. The predicted octanol–water partition coefficient (Wildman–Crippen LogP) is 2.61. The average Bonchev–Trinajstić information content (AvgIpc) is 2.67. The lowest BCUT2D eigenvalue weighted by molar-refractivity contribution is 0.102. The molecule has 0 spiro atoms. The van der Waals surface area contributed by atoms with Crippen LogP contribution in [-0.4, -0.2) is 53.6 Å². The molecule has 0 heterocycles. The van der Waals surface area contributed by atoms with Crippen molar-refractivity contribution < 1.29 is 27.4 Å². The Balaban J connectivity index is 2.39. The van der Waals surface area contributed by atoms with Gasteiger partial charge in [-0.2, -0.15) is 0 Å². The van der Waals surface area contributed by atoms with Crippen LogP contribution in [-0.2, 0) is 10.0 Å². The average molecular weight is 408 g/mol. The SMILES string of the molecule is CCOc1cc(C(=O)Nc2cc(S(=O)(=O)N(C)C)ccc2OC)ccc1OC. The minimum Gasteiger partial charge on any atom is -0.495 e. The van der Waals surface area contributed by atoms with Crippen LogP contribution in [0.3, 0.4) is 0 Å². The quantitative estimate of drug-likeness (QED) is 0.722. The summed E-state index contributed by atoms with van der Waals surface area (Å²) in [7, 11) is 2.16. The van der Waals surface area contributed by atoms with Gasteiger partial charge in [-0.25, -0.2) is 12.7 Å². The summed E-state index contributed by atoms with van der Waals surface area (Å²) in [6, 6.07) is 9.05. The minimum atomic E-state index is -3.66. The van der Waals surface area contributed by atoms with Crippen molar-refractivity contribution in [1.82, 2.24) is 4.31 Å². The van der Waals surface area contributed by atoms with E-state index in [1.54, 1.807) is 18.2 Å². The highest BCUT2D eigenvalue weighted by atomic mass is 32.2. The number of hydrogen-bond donors (Lipinski definition) is 1. The Morgan fingerprint density at radius 1 is 1.00 bits per heavy atom. The standard InChI is InChI=1S/C19H24N2O6S/c1-6-27-18-11-13(7-9-17(18)26-5)19(22)20-15-12-14(8-10-16(15)25-4)28(23,24)21(2)3/h7-12H,6H2,1-5H3,(H,20,22). The van der Waals surface area contributed by atoms with Crippen LogP contribution in [0.2, 0.25) is 0 Å². The fourth-order valence-electron chi connectivity index (χ4n) is 2.44. The van der Waals surface area contributed by atoms with Crippen LogP contribution in [0.25, 0.3) is 0 Å². The van der Waals surface area contributed by atoms with Gasteiger partial charge in [-0.1, -0.05) is 0 Å². The lowest BCUT2D eigenvalue weighted by atomic mass is 10.1. The number of methoxy groups -OCH3 is 2. The topological polar surface area (TPSA) is 94.2 Å². The molecule has 0 aliphatic carbocycles. The van der Waals surface area contributed by atoms with E-state index in [2.05, 4.69) is 5.32 Å². The van der Waals surface area contributed by atoms with Crippen molar-refractivity contribution in [3.05, 3.63) is 42.0 Å². The van der Waals surface area contributed by atoms with Gasteiger partial charge in [0.05, 0.1) is 31.4 Å². The van der Waals surface area contributed by atoms with Gasteiger partial charge in [0.2, 0.25) is 10.0 Å². The molecule has 0 saturated heterocycles. The molecule has 0 unspecified atom stereocenters. The molecule has 0 atom stereocenters. The smallest absolute Gasteiger partial charge is 0.255 e. The van der Waals surface area contributed by atoms with Crippen molar-refractivity contribution in [3.8, 4) is 17.2 Å². The number of ether oxygens (including phenoxy) is 3. The third-order valence-corrected chi connectivity index (χ3v) is 5.73. The fourth-order valence-corrected chi connectivity index (χ4v) is 3.37. The molecule has 2 rings (SSSR count). The number of nitrogens with one attached hydrogen (secondary N) is 1. The van der Waals surface area contributed by atoms with Crippen LogP contribution in [0.4, 0.5) is 5.69 Å². The van der Waals surface area contributed by atoms with Gasteiger partial charge < -0.3 is 19.5 Å². The van der Waals surface area contributed by atoms with Crippen LogP contribution < -0.4 is 19.5 Å². The van der Waals surface area contributed by atoms with Crippen LogP contribution >= 0.6 is 0 Å². The van der Waals surface area contributed by atoms with Crippen molar-refractivity contribution in [2.75, 3.05) is 40.2 Å². The Bertz CT molecular complexity index is 957. The van der Waals surface area contributed by atoms with Gasteiger partial charge in [0.1, 0.15) is 5.75 Å². The Morgan fingerprint density at radius 2 is 1.64 bits per heavy atom. The van der Waals surface area contributed by atoms with E-state index >= 15 is 0 Å². The molecule has 0 radical (unpaired) electrons. The monoisotopic (exact) mass is 408 g/mol. The maximum atomic E-state index is 12.7. The molecule has 28 heavy (non-hydrogen) atoms. The van der Waals surface area contributed by atoms with E-state index in [-0.39, 0.29) is 10.6 Å². The van der Waals surface area contributed by atoms with Crippen molar-refractivity contribution in [1.29, 1.82) is 0 Å². The summed E-state index contributed by atoms with van der Waals surface area (Å²) in [5.74, 6) is 0.842. The van der Waals surface area contributed by atoms with Crippen molar-refractivity contribution in [2.45, 2.75) is 11.8 Å². The number of hydrogen-bond acceptors (Lipinski definition) is 6. The molecule has 1 N–H and O–H groups in total. The summed E-state index contributed by atoms with van der Waals surface area (Å²) in [4.78, 5) is 12.8. The van der Waals surface area contributed by atoms with Crippen molar-refractivity contribution >= 4 is 21.6 Å². The van der Waals surface area contributed by atoms with Gasteiger partial charge in [0, 0.05) is 19.7 Å². The first-order chi connectivity index (χ1) is 13.2. The summed E-state index contributed by atoms with van der Waals surface area (Å²) in [5, 5.41) is 2.69. The highest BCUT2D eigenvalue weighted by molar-refractivity contribution is 7.89. The molecular weight excluding hydrogens is 384 g/mol. The highest BCUT2D eigenvalue weighted by Crippen LogP contribution is 2.31. The second-order valence-electron chi connectivity index (χ2n) is 5.90. The summed E-state index contributed by atoms with van der Waals surface area (Å²) in [5.41, 5.74) is 0.566. The molecule has 0 aliphatic rings. The second-order valence-corrected chi connectivity index (χ2v) is 8.05. The molecule has 2 aromatic rings. The third-order valence-electron chi connectivity index (χ3n) is 3.92. The van der Waals surface area contributed by atoms with Crippen molar-refractivity contribution in [3.63, 3.8) is 0 Å². The number of amides is 1. The largest absolute Gasteiger partial charge is 0.495 e. The van der Waals surface area contributed by atoms with Gasteiger partial charge >= 0.3 is 0 Å². The Kier molecular flexibility index (Phi) is 6.87. The number of anilines is 1. The lowest BCUT2D eigenvalue weighted by Crippen LogP contribution is -2.22. The summed E-state index contributed by atoms with van der Waals surface area (Å²) in [6.45, 7) is 2.24. The molecule has 9 heteroatoms. The van der Waals surface area contributed by atoms with Gasteiger partial charge in [-0.05, 0) is 43.3 Å². The van der Waals surface area contributed by atoms with Gasteiger partial charge in [-0.15, -0.1) is 0 Å². The number of carbonyl (C=O) groups is 1. The molecule has 1 amide bonds. The lowest BCUT2D eigenvalue weighted by Gasteiger charge is -2.15.